The van der Waals surface area contributed by atoms with Gasteiger partial charge in [0.1, 0.15) is 11.6 Å². The molecule has 0 saturated carbocycles. The highest BCUT2D eigenvalue weighted by molar-refractivity contribution is 6.04. The topological polar surface area (TPSA) is 92.7 Å². The molecule has 0 saturated heterocycles. The molecule has 0 atom stereocenters. The minimum atomic E-state index is -0.634. The van der Waals surface area contributed by atoms with Gasteiger partial charge < -0.3 is 5.32 Å². The summed E-state index contributed by atoms with van der Waals surface area (Å²) in [6, 6.07) is 0. The van der Waals surface area contributed by atoms with E-state index < -0.39 is 11.8 Å². The molecule has 0 bridgehead atoms. The summed E-state index contributed by atoms with van der Waals surface area (Å²) in [6.45, 7) is 2.54. The van der Waals surface area contributed by atoms with Crippen molar-refractivity contribution in [1.29, 1.82) is 0 Å². The number of amides is 2. The van der Waals surface area contributed by atoms with Gasteiger partial charge in [-0.15, -0.1) is 0 Å². The molecule has 0 aliphatic carbocycles. The lowest BCUT2D eigenvalue weighted by Gasteiger charge is -1.94. The zero-order valence-corrected chi connectivity index (χ0v) is 8.57. The molecule has 0 unspecified atom stereocenters. The number of rotatable bonds is 5. The summed E-state index contributed by atoms with van der Waals surface area (Å²) < 4.78 is 0. The van der Waals surface area contributed by atoms with Crippen LogP contribution in [0.4, 0.5) is 0 Å². The van der Waals surface area contributed by atoms with Crippen LogP contribution in [0, 0.1) is 0 Å². The Morgan fingerprint density at radius 3 is 2.07 bits per heavy atom. The molecule has 1 N–H and O–H groups in total. The third-order valence-corrected chi connectivity index (χ3v) is 1.24. The van der Waals surface area contributed by atoms with Crippen molar-refractivity contribution in [3.8, 4) is 0 Å². The second-order valence-electron chi connectivity index (χ2n) is 2.98. The standard InChI is InChI=1S/C9H12N2O4/c1-6(12)3-8(14)10-5-11-9(15)4-7(2)13/h5H,3-4H2,1-2H3,(H,10,11,14,15). The Balaban J connectivity index is 3.89. The summed E-state index contributed by atoms with van der Waals surface area (Å²) in [5.74, 6) is -1.75. The first kappa shape index (κ1) is 13.2. The lowest BCUT2D eigenvalue weighted by Crippen LogP contribution is -2.24. The average molecular weight is 212 g/mol. The molecule has 0 aromatic rings. The molecule has 0 aliphatic rings. The van der Waals surface area contributed by atoms with Crippen LogP contribution < -0.4 is 5.32 Å². The third kappa shape index (κ3) is 8.48. The highest BCUT2D eigenvalue weighted by Crippen LogP contribution is 1.85. The number of ketones is 2. The summed E-state index contributed by atoms with van der Waals surface area (Å²) in [5.41, 5.74) is 0. The van der Waals surface area contributed by atoms with Crippen LogP contribution in [0.3, 0.4) is 0 Å². The molecule has 0 aromatic heterocycles. The molecule has 2 amide bonds. The van der Waals surface area contributed by atoms with Gasteiger partial charge in [-0.05, 0) is 13.8 Å². The predicted molar refractivity (Wildman–Crippen MR) is 52.2 cm³/mol. The fraction of sp³-hybridized carbons (Fsp3) is 0.444. The van der Waals surface area contributed by atoms with E-state index in [1.807, 2.05) is 0 Å². The van der Waals surface area contributed by atoms with E-state index in [0.717, 1.165) is 6.34 Å². The van der Waals surface area contributed by atoms with E-state index in [4.69, 9.17) is 0 Å². The van der Waals surface area contributed by atoms with E-state index in [9.17, 15) is 19.2 Å². The van der Waals surface area contributed by atoms with Crippen LogP contribution in [0.5, 0.6) is 0 Å². The normalized spacial score (nSPS) is 10.0. The average Bonchev–Trinajstić information content (AvgIpc) is 2.00. The maximum Gasteiger partial charge on any atom is 0.254 e. The quantitative estimate of drug-likeness (QED) is 0.382. The summed E-state index contributed by atoms with van der Waals surface area (Å²) in [5, 5.41) is 2.13. The number of hydrogen-bond acceptors (Lipinski definition) is 4. The van der Waals surface area contributed by atoms with E-state index in [0.29, 0.717) is 0 Å². The van der Waals surface area contributed by atoms with Gasteiger partial charge in [-0.3, -0.25) is 19.2 Å². The van der Waals surface area contributed by atoms with Gasteiger partial charge in [0.05, 0.1) is 19.2 Å². The van der Waals surface area contributed by atoms with Crippen molar-refractivity contribution in [1.82, 2.24) is 5.32 Å². The Labute approximate surface area is 86.8 Å². The Bertz CT molecular complexity index is 320. The highest BCUT2D eigenvalue weighted by Gasteiger charge is 2.04. The van der Waals surface area contributed by atoms with Crippen LogP contribution in [0.25, 0.3) is 0 Å². The minimum Gasteiger partial charge on any atom is -0.316 e. The second kappa shape index (κ2) is 6.58. The molecule has 0 heterocycles. The van der Waals surface area contributed by atoms with Gasteiger partial charge in [0.2, 0.25) is 5.91 Å². The molecule has 0 fully saturated rings. The van der Waals surface area contributed by atoms with Crippen molar-refractivity contribution in [2.45, 2.75) is 26.7 Å². The van der Waals surface area contributed by atoms with Gasteiger partial charge in [-0.25, -0.2) is 4.99 Å². The van der Waals surface area contributed by atoms with Crippen molar-refractivity contribution >= 4 is 29.7 Å². The number of nitrogens with one attached hydrogen (secondary N) is 1. The van der Waals surface area contributed by atoms with Gasteiger partial charge in [-0.1, -0.05) is 0 Å². The number of carbonyl (C=O) groups excluding carboxylic acids is 4. The van der Waals surface area contributed by atoms with Gasteiger partial charge in [-0.2, -0.15) is 0 Å². The maximum absolute atomic E-state index is 10.9. The molecule has 15 heavy (non-hydrogen) atoms. The largest absolute Gasteiger partial charge is 0.316 e. The van der Waals surface area contributed by atoms with Crippen molar-refractivity contribution in [3.05, 3.63) is 0 Å². The van der Waals surface area contributed by atoms with Crippen LogP contribution in [-0.2, 0) is 19.2 Å². The number of carbonyl (C=O) groups is 4. The fourth-order valence-corrected chi connectivity index (χ4v) is 0.712. The van der Waals surface area contributed by atoms with Gasteiger partial charge in [0, 0.05) is 0 Å². The maximum atomic E-state index is 10.9. The summed E-state index contributed by atoms with van der Waals surface area (Å²) in [6.07, 6.45) is 0.336. The van der Waals surface area contributed by atoms with E-state index in [1.54, 1.807) is 0 Å². The first-order valence-corrected chi connectivity index (χ1v) is 4.25. The van der Waals surface area contributed by atoms with Crippen LogP contribution in [0.2, 0.25) is 0 Å². The van der Waals surface area contributed by atoms with E-state index in [1.165, 1.54) is 13.8 Å². The molecular weight excluding hydrogens is 200 g/mol. The molecule has 0 aliphatic heterocycles. The van der Waals surface area contributed by atoms with Crippen LogP contribution in [-0.4, -0.2) is 29.7 Å². The minimum absolute atomic E-state index is 0.257. The van der Waals surface area contributed by atoms with Crippen molar-refractivity contribution in [2.75, 3.05) is 0 Å². The third-order valence-electron chi connectivity index (χ3n) is 1.24. The molecule has 6 nitrogen and oxygen atoms in total. The van der Waals surface area contributed by atoms with E-state index in [-0.39, 0.29) is 24.4 Å². The Hall–Kier alpha value is -1.85. The smallest absolute Gasteiger partial charge is 0.254 e. The fourth-order valence-electron chi connectivity index (χ4n) is 0.712. The molecule has 0 spiro atoms. The molecule has 82 valence electrons. The molecule has 6 heteroatoms. The van der Waals surface area contributed by atoms with Crippen molar-refractivity contribution < 1.29 is 19.2 Å². The zero-order valence-electron chi connectivity index (χ0n) is 8.57. The molecule has 0 rings (SSSR count). The second-order valence-corrected chi connectivity index (χ2v) is 2.98. The lowest BCUT2D eigenvalue weighted by atomic mass is 10.3. The van der Waals surface area contributed by atoms with Gasteiger partial charge >= 0.3 is 0 Å². The number of hydrogen-bond donors (Lipinski definition) is 1. The summed E-state index contributed by atoms with van der Waals surface area (Å²) in [4.78, 5) is 45.9. The SMILES string of the molecule is CC(=O)CC(=O)N=CNC(=O)CC(C)=O. The highest BCUT2D eigenvalue weighted by atomic mass is 16.2. The van der Waals surface area contributed by atoms with E-state index >= 15 is 0 Å². The van der Waals surface area contributed by atoms with Gasteiger partial charge in [0.25, 0.3) is 5.91 Å². The Kier molecular flexibility index (Phi) is 5.77. The Morgan fingerprint density at radius 2 is 1.60 bits per heavy atom. The predicted octanol–water partition coefficient (Wildman–Crippen LogP) is -0.384. The van der Waals surface area contributed by atoms with Crippen molar-refractivity contribution in [2.24, 2.45) is 4.99 Å². The van der Waals surface area contributed by atoms with E-state index in [2.05, 4.69) is 10.3 Å². The first-order valence-electron chi connectivity index (χ1n) is 4.25. The first-order chi connectivity index (χ1) is 6.91. The number of Topliss-reactive ketones (excluding diaryl/α,β-unsaturated/α-hetero) is 2. The zero-order chi connectivity index (χ0) is 11.8. The van der Waals surface area contributed by atoms with Crippen molar-refractivity contribution in [3.63, 3.8) is 0 Å². The lowest BCUT2D eigenvalue weighted by molar-refractivity contribution is -0.127. The molecule has 0 radical (unpaired) electrons. The summed E-state index contributed by atoms with van der Waals surface area (Å²) >= 11 is 0. The molecule has 0 aromatic carbocycles. The number of nitrogens with zero attached hydrogens (tertiary/aromatic N) is 1. The van der Waals surface area contributed by atoms with Crippen LogP contribution in [0.15, 0.2) is 4.99 Å². The Morgan fingerprint density at radius 1 is 1.07 bits per heavy atom. The van der Waals surface area contributed by atoms with Gasteiger partial charge in [0.15, 0.2) is 0 Å². The molecular formula is C9H12N2O4. The monoisotopic (exact) mass is 212 g/mol. The van der Waals surface area contributed by atoms with Crippen LogP contribution >= 0.6 is 0 Å². The van der Waals surface area contributed by atoms with Crippen LogP contribution in [0.1, 0.15) is 26.7 Å². The summed E-state index contributed by atoms with van der Waals surface area (Å²) in [7, 11) is 0. The number of aliphatic imine (C=N–C) groups is 1.